The van der Waals surface area contributed by atoms with E-state index in [1.165, 1.54) is 0 Å². The summed E-state index contributed by atoms with van der Waals surface area (Å²) >= 11 is 0. The van der Waals surface area contributed by atoms with Crippen molar-refractivity contribution in [3.63, 3.8) is 0 Å². The average Bonchev–Trinajstić information content (AvgIpc) is 2.59. The second kappa shape index (κ2) is 6.77. The third kappa shape index (κ3) is 4.48. The summed E-state index contributed by atoms with van der Waals surface area (Å²) in [5, 5.41) is 14.3. The van der Waals surface area contributed by atoms with Crippen molar-refractivity contribution in [3.05, 3.63) is 17.5 Å². The highest BCUT2D eigenvalue weighted by atomic mass is 16.3. The Morgan fingerprint density at radius 2 is 2.06 bits per heavy atom. The van der Waals surface area contributed by atoms with Gasteiger partial charge in [-0.05, 0) is 32.5 Å². The van der Waals surface area contributed by atoms with E-state index in [4.69, 9.17) is 0 Å². The SMILES string of the molecule is CCN(CC)CCC(O)Cc1cc(C)nn1C. The van der Waals surface area contributed by atoms with Gasteiger partial charge in [0.2, 0.25) is 0 Å². The molecule has 0 radical (unpaired) electrons. The topological polar surface area (TPSA) is 41.3 Å². The molecule has 4 nitrogen and oxygen atoms in total. The van der Waals surface area contributed by atoms with Crippen LogP contribution in [0.2, 0.25) is 0 Å². The Bertz CT molecular complexity index is 331. The molecular weight excluding hydrogens is 214 g/mol. The van der Waals surface area contributed by atoms with E-state index in [1.54, 1.807) is 0 Å². The fraction of sp³-hybridized carbons (Fsp3) is 0.769. The first-order valence-electron chi connectivity index (χ1n) is 6.46. The molecule has 98 valence electrons. The van der Waals surface area contributed by atoms with Crippen LogP contribution in [0.1, 0.15) is 31.7 Å². The number of aromatic nitrogens is 2. The number of aliphatic hydroxyl groups is 1. The maximum absolute atomic E-state index is 10.0. The van der Waals surface area contributed by atoms with Gasteiger partial charge in [0.25, 0.3) is 0 Å². The molecule has 0 fully saturated rings. The van der Waals surface area contributed by atoms with Crippen molar-refractivity contribution in [3.8, 4) is 0 Å². The molecule has 0 bridgehead atoms. The molecule has 1 atom stereocenters. The lowest BCUT2D eigenvalue weighted by Crippen LogP contribution is -2.27. The van der Waals surface area contributed by atoms with Crippen LogP contribution < -0.4 is 0 Å². The first kappa shape index (κ1) is 14.2. The molecule has 0 aliphatic heterocycles. The first-order valence-corrected chi connectivity index (χ1v) is 6.46. The third-order valence-electron chi connectivity index (χ3n) is 3.22. The van der Waals surface area contributed by atoms with Gasteiger partial charge in [-0.15, -0.1) is 0 Å². The fourth-order valence-electron chi connectivity index (χ4n) is 2.07. The monoisotopic (exact) mass is 239 g/mol. The largest absolute Gasteiger partial charge is 0.393 e. The van der Waals surface area contributed by atoms with E-state index in [-0.39, 0.29) is 6.10 Å². The van der Waals surface area contributed by atoms with Crippen LogP contribution in [0.3, 0.4) is 0 Å². The lowest BCUT2D eigenvalue weighted by Gasteiger charge is -2.19. The zero-order valence-electron chi connectivity index (χ0n) is 11.5. The Kier molecular flexibility index (Phi) is 5.65. The maximum Gasteiger partial charge on any atom is 0.0607 e. The van der Waals surface area contributed by atoms with Gasteiger partial charge in [0.15, 0.2) is 0 Å². The van der Waals surface area contributed by atoms with Crippen LogP contribution in [0.15, 0.2) is 6.07 Å². The van der Waals surface area contributed by atoms with Gasteiger partial charge in [-0.2, -0.15) is 5.10 Å². The Hall–Kier alpha value is -0.870. The predicted molar refractivity (Wildman–Crippen MR) is 70.1 cm³/mol. The Morgan fingerprint density at radius 1 is 1.41 bits per heavy atom. The number of nitrogens with zero attached hydrogens (tertiary/aromatic N) is 3. The van der Waals surface area contributed by atoms with E-state index in [0.29, 0.717) is 6.42 Å². The Morgan fingerprint density at radius 3 is 2.53 bits per heavy atom. The molecule has 0 saturated carbocycles. The Labute approximate surface area is 104 Å². The highest BCUT2D eigenvalue weighted by Gasteiger charge is 2.11. The second-order valence-corrected chi connectivity index (χ2v) is 4.57. The fourth-order valence-corrected chi connectivity index (χ4v) is 2.07. The summed E-state index contributed by atoms with van der Waals surface area (Å²) in [4.78, 5) is 2.33. The summed E-state index contributed by atoms with van der Waals surface area (Å²) in [7, 11) is 1.93. The molecule has 1 aromatic heterocycles. The average molecular weight is 239 g/mol. The standard InChI is InChI=1S/C13H25N3O/c1-5-16(6-2)8-7-13(17)10-12-9-11(3)14-15(12)4/h9,13,17H,5-8,10H2,1-4H3. The van der Waals surface area contributed by atoms with Crippen molar-refractivity contribution in [2.45, 2.75) is 39.7 Å². The first-order chi connectivity index (χ1) is 8.06. The molecular formula is C13H25N3O. The third-order valence-corrected chi connectivity index (χ3v) is 3.22. The van der Waals surface area contributed by atoms with Crippen LogP contribution in [0, 0.1) is 6.92 Å². The summed E-state index contributed by atoms with van der Waals surface area (Å²) in [6.45, 7) is 9.35. The molecule has 1 N–H and O–H groups in total. The van der Waals surface area contributed by atoms with E-state index < -0.39 is 0 Å². The van der Waals surface area contributed by atoms with Crippen LogP contribution in [-0.4, -0.2) is 45.5 Å². The molecule has 0 amide bonds. The number of rotatable bonds is 7. The summed E-state index contributed by atoms with van der Waals surface area (Å²) in [5.41, 5.74) is 2.12. The molecule has 0 spiro atoms. The van der Waals surface area contributed by atoms with Crippen molar-refractivity contribution in [1.29, 1.82) is 0 Å². The van der Waals surface area contributed by atoms with Gasteiger partial charge in [0.05, 0.1) is 11.8 Å². The van der Waals surface area contributed by atoms with Gasteiger partial charge in [0, 0.05) is 25.7 Å². The van der Waals surface area contributed by atoms with Crippen molar-refractivity contribution in [2.24, 2.45) is 7.05 Å². The molecule has 0 saturated heterocycles. The van der Waals surface area contributed by atoms with Crippen molar-refractivity contribution in [1.82, 2.24) is 14.7 Å². The van der Waals surface area contributed by atoms with Gasteiger partial charge >= 0.3 is 0 Å². The van der Waals surface area contributed by atoms with Crippen LogP contribution in [0.4, 0.5) is 0 Å². The van der Waals surface area contributed by atoms with Crippen LogP contribution >= 0.6 is 0 Å². The lowest BCUT2D eigenvalue weighted by atomic mass is 10.1. The number of hydrogen-bond acceptors (Lipinski definition) is 3. The highest BCUT2D eigenvalue weighted by molar-refractivity contribution is 5.09. The van der Waals surface area contributed by atoms with Gasteiger partial charge in [-0.25, -0.2) is 0 Å². The second-order valence-electron chi connectivity index (χ2n) is 4.57. The summed E-state index contributed by atoms with van der Waals surface area (Å²) < 4.78 is 1.86. The van der Waals surface area contributed by atoms with Crippen molar-refractivity contribution >= 4 is 0 Å². The van der Waals surface area contributed by atoms with Crippen molar-refractivity contribution in [2.75, 3.05) is 19.6 Å². The molecule has 1 rings (SSSR count). The number of aliphatic hydroxyl groups excluding tert-OH is 1. The molecule has 0 aliphatic carbocycles. The zero-order valence-corrected chi connectivity index (χ0v) is 11.5. The maximum atomic E-state index is 10.0. The van der Waals surface area contributed by atoms with Gasteiger partial charge < -0.3 is 10.0 Å². The normalized spacial score (nSPS) is 13.3. The van der Waals surface area contributed by atoms with E-state index in [1.807, 2.05) is 24.7 Å². The van der Waals surface area contributed by atoms with Gasteiger partial charge in [0.1, 0.15) is 0 Å². The van der Waals surface area contributed by atoms with Gasteiger partial charge in [-0.1, -0.05) is 13.8 Å². The minimum atomic E-state index is -0.273. The molecule has 0 aromatic carbocycles. The molecule has 1 heterocycles. The molecule has 17 heavy (non-hydrogen) atoms. The molecule has 1 unspecified atom stereocenters. The molecule has 4 heteroatoms. The number of hydrogen-bond donors (Lipinski definition) is 1. The van der Waals surface area contributed by atoms with E-state index >= 15 is 0 Å². The summed E-state index contributed by atoms with van der Waals surface area (Å²) in [5.74, 6) is 0. The summed E-state index contributed by atoms with van der Waals surface area (Å²) in [6, 6.07) is 2.04. The van der Waals surface area contributed by atoms with Crippen LogP contribution in [-0.2, 0) is 13.5 Å². The lowest BCUT2D eigenvalue weighted by molar-refractivity contribution is 0.142. The van der Waals surface area contributed by atoms with Crippen molar-refractivity contribution < 1.29 is 5.11 Å². The number of aryl methyl sites for hydroxylation is 2. The Balaban J connectivity index is 2.39. The summed E-state index contributed by atoms with van der Waals surface area (Å²) in [6.07, 6.45) is 1.25. The minimum Gasteiger partial charge on any atom is -0.393 e. The smallest absolute Gasteiger partial charge is 0.0607 e. The van der Waals surface area contributed by atoms with Gasteiger partial charge in [-0.3, -0.25) is 4.68 Å². The van der Waals surface area contributed by atoms with E-state index in [2.05, 4.69) is 23.8 Å². The zero-order chi connectivity index (χ0) is 12.8. The van der Waals surface area contributed by atoms with Crippen LogP contribution in [0.25, 0.3) is 0 Å². The quantitative estimate of drug-likeness (QED) is 0.781. The molecule has 1 aromatic rings. The highest BCUT2D eigenvalue weighted by Crippen LogP contribution is 2.08. The van der Waals surface area contributed by atoms with Crippen LogP contribution in [0.5, 0.6) is 0 Å². The minimum absolute atomic E-state index is 0.273. The molecule has 0 aliphatic rings. The van der Waals surface area contributed by atoms with E-state index in [9.17, 15) is 5.11 Å². The predicted octanol–water partition coefficient (Wildman–Crippen LogP) is 1.36. The van der Waals surface area contributed by atoms with E-state index in [0.717, 1.165) is 37.4 Å².